The van der Waals surface area contributed by atoms with Gasteiger partial charge in [-0.25, -0.2) is 0 Å². The van der Waals surface area contributed by atoms with Gasteiger partial charge in [0.15, 0.2) is 0 Å². The molecule has 5 nitrogen and oxygen atoms in total. The van der Waals surface area contributed by atoms with Gasteiger partial charge in [-0.2, -0.15) is 0 Å². The second-order valence-electron chi connectivity index (χ2n) is 4.89. The third-order valence-electron chi connectivity index (χ3n) is 3.18. The zero-order valence-corrected chi connectivity index (χ0v) is 12.9. The maximum Gasteiger partial charge on any atom is 0.223 e. The molecule has 0 saturated heterocycles. The number of para-hydroxylation sites is 1. The molecule has 0 unspecified atom stereocenters. The van der Waals surface area contributed by atoms with Gasteiger partial charge in [-0.15, -0.1) is 0 Å². The number of hydrogen-bond acceptors (Lipinski definition) is 4. The molecule has 110 valence electrons. The lowest BCUT2D eigenvalue weighted by Gasteiger charge is -2.15. The molecule has 1 aromatic carbocycles. The Morgan fingerprint density at radius 3 is 2.76 bits per heavy atom. The van der Waals surface area contributed by atoms with E-state index in [0.29, 0.717) is 18.5 Å². The summed E-state index contributed by atoms with van der Waals surface area (Å²) in [7, 11) is 3.48. The first-order valence-electron chi connectivity index (χ1n) is 6.62. The van der Waals surface area contributed by atoms with Gasteiger partial charge in [-0.3, -0.25) is 9.78 Å². The van der Waals surface area contributed by atoms with Crippen LogP contribution in [0.2, 0.25) is 0 Å². The standard InChI is InChI=1S/C15H18N4OS/c1-19(2)13(20)7-8-17-14-10-5-3-4-6-12(10)18-9-11(14)15(16)21/h3-6,9H,7-8H2,1-2H3,(H2,16,21)(H,17,18). The van der Waals surface area contributed by atoms with Crippen LogP contribution in [-0.2, 0) is 4.79 Å². The van der Waals surface area contributed by atoms with Crippen LogP contribution in [0.1, 0.15) is 12.0 Å². The number of fused-ring (bicyclic) bond motifs is 1. The Balaban J connectivity index is 2.29. The lowest BCUT2D eigenvalue weighted by molar-refractivity contribution is -0.128. The fraction of sp³-hybridized carbons (Fsp3) is 0.267. The molecule has 0 spiro atoms. The molecule has 21 heavy (non-hydrogen) atoms. The summed E-state index contributed by atoms with van der Waals surface area (Å²) in [6, 6.07) is 7.74. The lowest BCUT2D eigenvalue weighted by atomic mass is 10.1. The minimum Gasteiger partial charge on any atom is -0.389 e. The van der Waals surface area contributed by atoms with Gasteiger partial charge in [0.25, 0.3) is 0 Å². The maximum atomic E-state index is 11.6. The second-order valence-corrected chi connectivity index (χ2v) is 5.33. The Morgan fingerprint density at radius 2 is 2.10 bits per heavy atom. The predicted octanol–water partition coefficient (Wildman–Crippen LogP) is 1.76. The van der Waals surface area contributed by atoms with E-state index in [9.17, 15) is 4.79 Å². The maximum absolute atomic E-state index is 11.6. The molecular formula is C15H18N4OS. The quantitative estimate of drug-likeness (QED) is 0.824. The Kier molecular flexibility index (Phi) is 4.70. The van der Waals surface area contributed by atoms with E-state index in [1.54, 1.807) is 25.2 Å². The Morgan fingerprint density at radius 1 is 1.38 bits per heavy atom. The van der Waals surface area contributed by atoms with Gasteiger partial charge in [-0.1, -0.05) is 30.4 Å². The number of pyridine rings is 1. The first-order valence-corrected chi connectivity index (χ1v) is 7.03. The Labute approximate surface area is 129 Å². The van der Waals surface area contributed by atoms with E-state index in [1.165, 1.54) is 0 Å². The van der Waals surface area contributed by atoms with Gasteiger partial charge in [0, 0.05) is 38.6 Å². The van der Waals surface area contributed by atoms with Crippen LogP contribution in [0.3, 0.4) is 0 Å². The molecule has 2 rings (SSSR count). The molecule has 1 amide bonds. The summed E-state index contributed by atoms with van der Waals surface area (Å²) in [5, 5.41) is 4.21. The highest BCUT2D eigenvalue weighted by molar-refractivity contribution is 7.80. The Bertz CT molecular complexity index is 684. The van der Waals surface area contributed by atoms with Gasteiger partial charge in [0.05, 0.1) is 16.8 Å². The molecule has 0 fully saturated rings. The largest absolute Gasteiger partial charge is 0.389 e. The van der Waals surface area contributed by atoms with E-state index >= 15 is 0 Å². The number of carbonyl (C=O) groups is 1. The van der Waals surface area contributed by atoms with Crippen LogP contribution in [0.4, 0.5) is 5.69 Å². The molecular weight excluding hydrogens is 284 g/mol. The molecule has 1 aromatic heterocycles. The molecule has 0 aliphatic rings. The van der Waals surface area contributed by atoms with Crippen molar-refractivity contribution in [2.45, 2.75) is 6.42 Å². The van der Waals surface area contributed by atoms with E-state index < -0.39 is 0 Å². The van der Waals surface area contributed by atoms with Crippen LogP contribution in [0, 0.1) is 0 Å². The van der Waals surface area contributed by atoms with Crippen LogP contribution in [0.25, 0.3) is 10.9 Å². The third-order valence-corrected chi connectivity index (χ3v) is 3.40. The average Bonchev–Trinajstić information content (AvgIpc) is 2.46. The summed E-state index contributed by atoms with van der Waals surface area (Å²) in [4.78, 5) is 17.8. The summed E-state index contributed by atoms with van der Waals surface area (Å²) in [6.07, 6.45) is 2.07. The number of anilines is 1. The van der Waals surface area contributed by atoms with E-state index in [4.69, 9.17) is 18.0 Å². The number of nitrogens with zero attached hydrogens (tertiary/aromatic N) is 2. The predicted molar refractivity (Wildman–Crippen MR) is 89.4 cm³/mol. The van der Waals surface area contributed by atoms with E-state index in [1.807, 2.05) is 24.3 Å². The zero-order chi connectivity index (χ0) is 15.4. The number of benzene rings is 1. The highest BCUT2D eigenvalue weighted by atomic mass is 32.1. The van der Waals surface area contributed by atoms with Crippen LogP contribution in [0.5, 0.6) is 0 Å². The summed E-state index contributed by atoms with van der Waals surface area (Å²) in [5.74, 6) is 0.0673. The number of nitrogens with one attached hydrogen (secondary N) is 1. The number of aromatic nitrogens is 1. The van der Waals surface area contributed by atoms with Gasteiger partial charge >= 0.3 is 0 Å². The average molecular weight is 302 g/mol. The van der Waals surface area contributed by atoms with Crippen molar-refractivity contribution in [3.63, 3.8) is 0 Å². The minimum atomic E-state index is 0.0673. The Hall–Kier alpha value is -2.21. The van der Waals surface area contributed by atoms with Crippen molar-refractivity contribution >= 4 is 39.7 Å². The summed E-state index contributed by atoms with van der Waals surface area (Å²) in [5.41, 5.74) is 8.15. The number of rotatable bonds is 5. The van der Waals surface area contributed by atoms with E-state index in [2.05, 4.69) is 10.3 Å². The molecule has 0 bridgehead atoms. The van der Waals surface area contributed by atoms with E-state index in [0.717, 1.165) is 16.6 Å². The molecule has 0 radical (unpaired) electrons. The number of amides is 1. The van der Waals surface area contributed by atoms with Gasteiger partial charge in [0.2, 0.25) is 5.91 Å². The number of thiocarbonyl (C=S) groups is 1. The van der Waals surface area contributed by atoms with Crippen LogP contribution < -0.4 is 11.1 Å². The van der Waals surface area contributed by atoms with Crippen molar-refractivity contribution in [1.82, 2.24) is 9.88 Å². The summed E-state index contributed by atoms with van der Waals surface area (Å²) >= 11 is 5.08. The molecule has 0 aliphatic carbocycles. The van der Waals surface area contributed by atoms with Crippen LogP contribution in [0.15, 0.2) is 30.5 Å². The van der Waals surface area contributed by atoms with Crippen molar-refractivity contribution in [1.29, 1.82) is 0 Å². The normalized spacial score (nSPS) is 10.4. The molecule has 6 heteroatoms. The third kappa shape index (κ3) is 3.46. The van der Waals surface area contributed by atoms with Crippen molar-refractivity contribution in [2.24, 2.45) is 5.73 Å². The second kappa shape index (κ2) is 6.49. The highest BCUT2D eigenvalue weighted by Gasteiger charge is 2.11. The monoisotopic (exact) mass is 302 g/mol. The van der Waals surface area contributed by atoms with Crippen LogP contribution in [-0.4, -0.2) is 41.4 Å². The summed E-state index contributed by atoms with van der Waals surface area (Å²) < 4.78 is 0. The van der Waals surface area contributed by atoms with Crippen molar-refractivity contribution < 1.29 is 4.79 Å². The number of carbonyl (C=O) groups excluding carboxylic acids is 1. The fourth-order valence-corrected chi connectivity index (χ4v) is 2.19. The van der Waals surface area contributed by atoms with Crippen LogP contribution >= 0.6 is 12.2 Å². The fourth-order valence-electron chi connectivity index (χ4n) is 2.04. The van der Waals surface area contributed by atoms with Gasteiger partial charge in [0.1, 0.15) is 4.99 Å². The molecule has 0 atom stereocenters. The van der Waals surface area contributed by atoms with Crippen molar-refractivity contribution in [3.05, 3.63) is 36.0 Å². The van der Waals surface area contributed by atoms with E-state index in [-0.39, 0.29) is 10.9 Å². The van der Waals surface area contributed by atoms with Crippen molar-refractivity contribution in [3.8, 4) is 0 Å². The summed E-state index contributed by atoms with van der Waals surface area (Å²) in [6.45, 7) is 0.515. The minimum absolute atomic E-state index is 0.0673. The highest BCUT2D eigenvalue weighted by Crippen LogP contribution is 2.25. The van der Waals surface area contributed by atoms with Crippen molar-refractivity contribution in [2.75, 3.05) is 26.0 Å². The molecule has 0 saturated carbocycles. The molecule has 0 aliphatic heterocycles. The molecule has 2 aromatic rings. The zero-order valence-electron chi connectivity index (χ0n) is 12.1. The molecule has 3 N–H and O–H groups in total. The van der Waals surface area contributed by atoms with Gasteiger partial charge in [-0.05, 0) is 6.07 Å². The lowest BCUT2D eigenvalue weighted by Crippen LogP contribution is -2.24. The molecule has 1 heterocycles. The first kappa shape index (κ1) is 15.2. The number of hydrogen-bond donors (Lipinski definition) is 2. The first-order chi connectivity index (χ1) is 10.0. The smallest absolute Gasteiger partial charge is 0.223 e. The number of nitrogens with two attached hydrogens (primary N) is 1. The topological polar surface area (TPSA) is 71.2 Å². The SMILES string of the molecule is CN(C)C(=O)CCNc1c(C(N)=S)cnc2ccccc12. The van der Waals surface area contributed by atoms with Gasteiger partial charge < -0.3 is 16.0 Å².